The maximum atomic E-state index is 12.6. The number of nitrogens with zero attached hydrogens (tertiary/aromatic N) is 1. The van der Waals surface area contributed by atoms with E-state index in [1.54, 1.807) is 0 Å². The largest absolute Gasteiger partial charge is 0.396 e. The van der Waals surface area contributed by atoms with Gasteiger partial charge in [0.15, 0.2) is 0 Å². The van der Waals surface area contributed by atoms with Crippen molar-refractivity contribution < 1.29 is 9.90 Å². The van der Waals surface area contributed by atoms with Gasteiger partial charge in [0.2, 0.25) is 0 Å². The molecule has 2 aliphatic rings. The molecular formula is C19H28N2O2. The molecule has 2 N–H and O–H groups in total. The van der Waals surface area contributed by atoms with Crippen molar-refractivity contribution in [2.45, 2.75) is 50.5 Å². The van der Waals surface area contributed by atoms with Gasteiger partial charge >= 0.3 is 6.03 Å². The third-order valence-corrected chi connectivity index (χ3v) is 5.50. The minimum atomic E-state index is 0.0817. The molecule has 3 rings (SSSR count). The zero-order valence-electron chi connectivity index (χ0n) is 13.8. The molecule has 0 aromatic heterocycles. The van der Waals surface area contributed by atoms with Crippen LogP contribution in [-0.2, 0) is 0 Å². The third-order valence-electron chi connectivity index (χ3n) is 5.50. The number of aliphatic hydroxyl groups is 1. The highest BCUT2D eigenvalue weighted by atomic mass is 16.3. The van der Waals surface area contributed by atoms with E-state index < -0.39 is 0 Å². The average Bonchev–Trinajstić information content (AvgIpc) is 2.99. The van der Waals surface area contributed by atoms with Crippen LogP contribution in [0, 0.1) is 5.92 Å². The number of nitrogens with one attached hydrogen (secondary N) is 1. The van der Waals surface area contributed by atoms with Crippen LogP contribution in [0.25, 0.3) is 0 Å². The van der Waals surface area contributed by atoms with Crippen molar-refractivity contribution >= 4 is 6.03 Å². The van der Waals surface area contributed by atoms with E-state index in [1.807, 2.05) is 18.2 Å². The lowest BCUT2D eigenvalue weighted by Gasteiger charge is -2.37. The quantitative estimate of drug-likeness (QED) is 0.847. The first-order chi connectivity index (χ1) is 11.3. The second kappa shape index (κ2) is 7.82. The van der Waals surface area contributed by atoms with Gasteiger partial charge in [-0.15, -0.1) is 0 Å². The fourth-order valence-corrected chi connectivity index (χ4v) is 3.94. The second-order valence-corrected chi connectivity index (χ2v) is 6.90. The van der Waals surface area contributed by atoms with E-state index in [4.69, 9.17) is 0 Å². The zero-order chi connectivity index (χ0) is 16.1. The molecule has 1 aromatic rings. The first-order valence-corrected chi connectivity index (χ1v) is 9.00. The molecule has 1 aliphatic heterocycles. The summed E-state index contributed by atoms with van der Waals surface area (Å²) in [5, 5.41) is 12.4. The Balaban J connectivity index is 1.56. The molecule has 4 heteroatoms. The highest BCUT2D eigenvalue weighted by Gasteiger charge is 2.37. The number of likely N-dealkylation sites (tertiary alicyclic amines) is 1. The fraction of sp³-hybridized carbons (Fsp3) is 0.632. The van der Waals surface area contributed by atoms with Gasteiger partial charge in [-0.25, -0.2) is 4.79 Å². The highest BCUT2D eigenvalue weighted by Crippen LogP contribution is 2.37. The van der Waals surface area contributed by atoms with Crippen LogP contribution < -0.4 is 5.32 Å². The predicted octanol–water partition coefficient (Wildman–Crippen LogP) is 3.13. The summed E-state index contributed by atoms with van der Waals surface area (Å²) in [6, 6.07) is 10.7. The number of hydrogen-bond donors (Lipinski definition) is 2. The van der Waals surface area contributed by atoms with Gasteiger partial charge in [0.25, 0.3) is 0 Å². The van der Waals surface area contributed by atoms with Crippen LogP contribution in [0.2, 0.25) is 0 Å². The molecule has 23 heavy (non-hydrogen) atoms. The van der Waals surface area contributed by atoms with Crippen LogP contribution in [0.15, 0.2) is 30.3 Å². The fourth-order valence-electron chi connectivity index (χ4n) is 3.94. The highest BCUT2D eigenvalue weighted by molar-refractivity contribution is 5.75. The summed E-state index contributed by atoms with van der Waals surface area (Å²) in [5.41, 5.74) is 1.18. The number of aliphatic hydroxyl groups excluding tert-OH is 1. The summed E-state index contributed by atoms with van der Waals surface area (Å²) >= 11 is 0. The van der Waals surface area contributed by atoms with Gasteiger partial charge in [-0.05, 0) is 43.6 Å². The van der Waals surface area contributed by atoms with Crippen molar-refractivity contribution in [3.63, 3.8) is 0 Å². The number of hydrogen-bond acceptors (Lipinski definition) is 2. The molecule has 4 nitrogen and oxygen atoms in total. The van der Waals surface area contributed by atoms with Crippen LogP contribution in [-0.4, -0.2) is 41.8 Å². The molecule has 2 atom stereocenters. The number of benzene rings is 1. The molecule has 2 unspecified atom stereocenters. The lowest BCUT2D eigenvalue weighted by molar-refractivity contribution is 0.138. The molecule has 1 aliphatic carbocycles. The Labute approximate surface area is 138 Å². The van der Waals surface area contributed by atoms with E-state index in [0.29, 0.717) is 19.0 Å². The molecule has 0 bridgehead atoms. The smallest absolute Gasteiger partial charge is 0.317 e. The molecule has 1 aromatic carbocycles. The molecule has 1 saturated carbocycles. The predicted molar refractivity (Wildman–Crippen MR) is 91.4 cm³/mol. The summed E-state index contributed by atoms with van der Waals surface area (Å²) in [6.45, 7) is 1.63. The van der Waals surface area contributed by atoms with Crippen molar-refractivity contribution in [1.82, 2.24) is 10.2 Å². The summed E-state index contributed by atoms with van der Waals surface area (Å²) in [4.78, 5) is 14.7. The summed E-state index contributed by atoms with van der Waals surface area (Å²) < 4.78 is 0. The molecule has 0 spiro atoms. The van der Waals surface area contributed by atoms with E-state index in [0.717, 1.165) is 25.3 Å². The van der Waals surface area contributed by atoms with E-state index in [1.165, 1.54) is 24.8 Å². The minimum Gasteiger partial charge on any atom is -0.396 e. The van der Waals surface area contributed by atoms with Gasteiger partial charge in [-0.3, -0.25) is 0 Å². The molecule has 126 valence electrons. The SMILES string of the molecule is O=C(NCC(CCO)c1ccccc1)N1CCCC1C1CCC1. The van der Waals surface area contributed by atoms with Crippen LogP contribution in [0.4, 0.5) is 4.79 Å². The number of amides is 2. The third kappa shape index (κ3) is 3.86. The van der Waals surface area contributed by atoms with Crippen LogP contribution in [0.3, 0.4) is 0 Å². The van der Waals surface area contributed by atoms with E-state index in [-0.39, 0.29) is 18.6 Å². The second-order valence-electron chi connectivity index (χ2n) is 6.90. The molecule has 2 fully saturated rings. The van der Waals surface area contributed by atoms with Crippen LogP contribution >= 0.6 is 0 Å². The van der Waals surface area contributed by atoms with Crippen molar-refractivity contribution in [2.24, 2.45) is 5.92 Å². The van der Waals surface area contributed by atoms with E-state index >= 15 is 0 Å². The summed E-state index contributed by atoms with van der Waals surface area (Å²) in [7, 11) is 0. The summed E-state index contributed by atoms with van der Waals surface area (Å²) in [5.74, 6) is 0.903. The standard InChI is InChI=1S/C19H28N2O2/c22-13-11-17(15-6-2-1-3-7-15)14-20-19(23)21-12-5-10-18(21)16-8-4-9-16/h1-3,6-7,16-18,22H,4-5,8-14H2,(H,20,23). The number of urea groups is 1. The number of carbonyl (C=O) groups is 1. The number of carbonyl (C=O) groups excluding carboxylic acids is 1. The van der Waals surface area contributed by atoms with Gasteiger partial charge < -0.3 is 15.3 Å². The van der Waals surface area contributed by atoms with Gasteiger partial charge in [0, 0.05) is 31.7 Å². The van der Waals surface area contributed by atoms with Crippen LogP contribution in [0.5, 0.6) is 0 Å². The molecule has 0 radical (unpaired) electrons. The van der Waals surface area contributed by atoms with Gasteiger partial charge in [-0.2, -0.15) is 0 Å². The first-order valence-electron chi connectivity index (χ1n) is 9.00. The topological polar surface area (TPSA) is 52.6 Å². The first kappa shape index (κ1) is 16.3. The Kier molecular flexibility index (Phi) is 5.55. The lowest BCUT2D eigenvalue weighted by atomic mass is 9.79. The Morgan fingerprint density at radius 3 is 2.65 bits per heavy atom. The van der Waals surface area contributed by atoms with Gasteiger partial charge in [0.1, 0.15) is 0 Å². The Morgan fingerprint density at radius 1 is 1.22 bits per heavy atom. The Bertz CT molecular complexity index is 501. The normalized spacial score (nSPS) is 22.7. The maximum absolute atomic E-state index is 12.6. The summed E-state index contributed by atoms with van der Waals surface area (Å²) in [6.07, 6.45) is 6.86. The van der Waals surface area contributed by atoms with Crippen LogP contribution in [0.1, 0.15) is 50.0 Å². The minimum absolute atomic E-state index is 0.0817. The average molecular weight is 316 g/mol. The Hall–Kier alpha value is -1.55. The van der Waals surface area contributed by atoms with Gasteiger partial charge in [-0.1, -0.05) is 36.8 Å². The van der Waals surface area contributed by atoms with Crippen molar-refractivity contribution in [1.29, 1.82) is 0 Å². The van der Waals surface area contributed by atoms with Gasteiger partial charge in [0.05, 0.1) is 0 Å². The maximum Gasteiger partial charge on any atom is 0.317 e. The lowest BCUT2D eigenvalue weighted by Crippen LogP contribution is -2.47. The van der Waals surface area contributed by atoms with E-state index in [9.17, 15) is 9.90 Å². The zero-order valence-corrected chi connectivity index (χ0v) is 13.8. The van der Waals surface area contributed by atoms with Crippen molar-refractivity contribution in [2.75, 3.05) is 19.7 Å². The number of rotatable bonds is 6. The van der Waals surface area contributed by atoms with Crippen molar-refractivity contribution in [3.05, 3.63) is 35.9 Å². The van der Waals surface area contributed by atoms with Crippen molar-refractivity contribution in [3.8, 4) is 0 Å². The monoisotopic (exact) mass is 316 g/mol. The molecular weight excluding hydrogens is 288 g/mol. The molecule has 1 saturated heterocycles. The molecule has 1 heterocycles. The molecule has 2 amide bonds. The Morgan fingerprint density at radius 2 is 2.00 bits per heavy atom. The van der Waals surface area contributed by atoms with E-state index in [2.05, 4.69) is 22.3 Å².